The molecule has 2 atom stereocenters. The molecule has 2 aromatic carbocycles. The summed E-state index contributed by atoms with van der Waals surface area (Å²) in [7, 11) is 0. The lowest BCUT2D eigenvalue weighted by molar-refractivity contribution is -0.143. The maximum atomic E-state index is 13.4. The smallest absolute Gasteiger partial charge is 0.326 e. The van der Waals surface area contributed by atoms with Crippen LogP contribution in [-0.2, 0) is 40.9 Å². The van der Waals surface area contributed by atoms with Gasteiger partial charge in [0.15, 0.2) is 0 Å². The van der Waals surface area contributed by atoms with Crippen LogP contribution < -0.4 is 5.32 Å². The number of hydrogen-bond acceptors (Lipinski definition) is 3. The van der Waals surface area contributed by atoms with Gasteiger partial charge in [-0.15, -0.1) is 0 Å². The van der Waals surface area contributed by atoms with Gasteiger partial charge < -0.3 is 10.2 Å². The van der Waals surface area contributed by atoms with Gasteiger partial charge in [-0.05, 0) is 67.3 Å². The molecule has 0 radical (unpaired) electrons. The molecule has 2 heterocycles. The third kappa shape index (κ3) is 3.12. The highest BCUT2D eigenvalue weighted by Crippen LogP contribution is 2.34. The molecule has 1 N–H and O–H groups in total. The number of nitrogens with zero attached hydrogens (tertiary/aromatic N) is 2. The average Bonchev–Trinajstić information content (AvgIpc) is 3.34. The van der Waals surface area contributed by atoms with Crippen molar-refractivity contribution in [3.63, 3.8) is 0 Å². The van der Waals surface area contributed by atoms with Gasteiger partial charge in [0.05, 0.1) is 0 Å². The summed E-state index contributed by atoms with van der Waals surface area (Å²) in [5, 5.41) is 2.86. The van der Waals surface area contributed by atoms with Crippen LogP contribution in [0, 0.1) is 0 Å². The number of carbonyl (C=O) groups is 3. The average molecular weight is 418 g/mol. The predicted molar refractivity (Wildman–Crippen MR) is 116 cm³/mol. The zero-order chi connectivity index (χ0) is 21.8. The molecule has 0 bridgehead atoms. The topological polar surface area (TPSA) is 69.7 Å². The van der Waals surface area contributed by atoms with Gasteiger partial charge in [-0.1, -0.05) is 42.5 Å². The minimum atomic E-state index is -1.16. The monoisotopic (exact) mass is 417 g/mol. The molecular weight excluding hydrogens is 390 g/mol. The van der Waals surface area contributed by atoms with Crippen LogP contribution in [0.3, 0.4) is 0 Å². The van der Waals surface area contributed by atoms with E-state index in [2.05, 4.69) is 17.4 Å². The second-order valence-electron chi connectivity index (χ2n) is 9.02. The molecule has 160 valence electrons. The number of carbonyl (C=O) groups excluding carboxylic acids is 3. The van der Waals surface area contributed by atoms with Crippen LogP contribution in [0.2, 0.25) is 0 Å². The Morgan fingerprint density at radius 3 is 2.52 bits per heavy atom. The van der Waals surface area contributed by atoms with E-state index in [1.54, 1.807) is 18.7 Å². The van der Waals surface area contributed by atoms with Crippen molar-refractivity contribution in [1.29, 1.82) is 0 Å². The molecule has 1 saturated heterocycles. The normalized spacial score (nSPS) is 23.4. The summed E-state index contributed by atoms with van der Waals surface area (Å²) in [6, 6.07) is 12.8. The molecule has 2 aromatic rings. The number of aryl methyl sites for hydroxylation is 2. The largest absolute Gasteiger partial charge is 0.336 e. The SMILES string of the molecule is C[C@H](C(=O)N1CCc2ccccc2C1)N1C(=O)N[C@](C)(c2ccc3c(c2)CCC3)C1=O. The van der Waals surface area contributed by atoms with E-state index < -0.39 is 17.6 Å². The number of nitrogens with one attached hydrogen (secondary N) is 1. The lowest BCUT2D eigenvalue weighted by atomic mass is 9.89. The third-order valence-electron chi connectivity index (χ3n) is 7.09. The lowest BCUT2D eigenvalue weighted by Gasteiger charge is -2.33. The summed E-state index contributed by atoms with van der Waals surface area (Å²) in [6.07, 6.45) is 3.95. The number of benzene rings is 2. The zero-order valence-corrected chi connectivity index (χ0v) is 18.0. The Kier molecular flexibility index (Phi) is 4.61. The van der Waals surface area contributed by atoms with E-state index >= 15 is 0 Å². The molecule has 3 aliphatic rings. The van der Waals surface area contributed by atoms with E-state index in [-0.39, 0.29) is 11.8 Å². The molecule has 4 amide bonds. The Hall–Kier alpha value is -3.15. The van der Waals surface area contributed by atoms with E-state index in [4.69, 9.17) is 0 Å². The van der Waals surface area contributed by atoms with Gasteiger partial charge >= 0.3 is 6.03 Å². The van der Waals surface area contributed by atoms with Crippen molar-refractivity contribution in [2.45, 2.75) is 57.7 Å². The standard InChI is InChI=1S/C25H27N3O3/c1-16(22(29)27-13-12-18-6-3-4-7-20(18)15-27)28-23(30)25(2,26-24(28)31)21-11-10-17-8-5-9-19(17)14-21/h3-4,6-7,10-11,14,16H,5,8-9,12-13,15H2,1-2H3,(H,26,31)/t16-,25-/m1/s1. The molecule has 0 unspecified atom stereocenters. The molecule has 1 aliphatic carbocycles. The molecule has 5 rings (SSSR count). The van der Waals surface area contributed by atoms with E-state index in [9.17, 15) is 14.4 Å². The fourth-order valence-corrected chi connectivity index (χ4v) is 5.15. The number of imide groups is 1. The zero-order valence-electron chi connectivity index (χ0n) is 18.0. The number of hydrogen-bond donors (Lipinski definition) is 1. The first-order valence-corrected chi connectivity index (χ1v) is 11.0. The van der Waals surface area contributed by atoms with Gasteiger partial charge in [-0.3, -0.25) is 9.59 Å². The molecule has 1 fully saturated rings. The Morgan fingerprint density at radius 2 is 1.71 bits per heavy atom. The van der Waals surface area contributed by atoms with Crippen molar-refractivity contribution in [2.75, 3.05) is 6.54 Å². The first-order valence-electron chi connectivity index (χ1n) is 11.0. The van der Waals surface area contributed by atoms with Crippen molar-refractivity contribution in [2.24, 2.45) is 0 Å². The molecule has 31 heavy (non-hydrogen) atoms. The highest BCUT2D eigenvalue weighted by Gasteiger charge is 2.52. The fourth-order valence-electron chi connectivity index (χ4n) is 5.15. The number of rotatable bonds is 3. The fraction of sp³-hybridized carbons (Fsp3) is 0.400. The highest BCUT2D eigenvalue weighted by atomic mass is 16.2. The van der Waals surface area contributed by atoms with Crippen molar-refractivity contribution in [3.05, 3.63) is 70.3 Å². The second-order valence-corrected chi connectivity index (χ2v) is 9.02. The molecule has 0 saturated carbocycles. The van der Waals surface area contributed by atoms with E-state index in [0.717, 1.165) is 41.7 Å². The van der Waals surface area contributed by atoms with Crippen molar-refractivity contribution in [1.82, 2.24) is 15.1 Å². The van der Waals surface area contributed by atoms with Crippen LogP contribution in [-0.4, -0.2) is 40.2 Å². The van der Waals surface area contributed by atoms with Crippen LogP contribution in [0.4, 0.5) is 4.79 Å². The molecule has 2 aliphatic heterocycles. The molecule has 6 heteroatoms. The second kappa shape index (κ2) is 7.22. The van der Waals surface area contributed by atoms with Gasteiger partial charge in [-0.2, -0.15) is 0 Å². The van der Waals surface area contributed by atoms with Gasteiger partial charge in [0.1, 0.15) is 11.6 Å². The van der Waals surface area contributed by atoms with Crippen LogP contribution >= 0.6 is 0 Å². The van der Waals surface area contributed by atoms with Crippen LogP contribution in [0.1, 0.15) is 48.1 Å². The summed E-state index contributed by atoms with van der Waals surface area (Å²) in [5.74, 6) is -0.565. The first-order chi connectivity index (χ1) is 14.9. The van der Waals surface area contributed by atoms with Gasteiger partial charge in [0.25, 0.3) is 5.91 Å². The van der Waals surface area contributed by atoms with Gasteiger partial charge in [0.2, 0.25) is 5.91 Å². The third-order valence-corrected chi connectivity index (χ3v) is 7.09. The predicted octanol–water partition coefficient (Wildman–Crippen LogP) is 2.92. The Bertz CT molecular complexity index is 1100. The summed E-state index contributed by atoms with van der Waals surface area (Å²) in [6.45, 7) is 4.48. The quantitative estimate of drug-likeness (QED) is 0.781. The van der Waals surface area contributed by atoms with Crippen molar-refractivity contribution in [3.8, 4) is 0 Å². The summed E-state index contributed by atoms with van der Waals surface area (Å²) >= 11 is 0. The summed E-state index contributed by atoms with van der Waals surface area (Å²) in [4.78, 5) is 42.4. The molecule has 0 aromatic heterocycles. The Morgan fingerprint density at radius 1 is 1.00 bits per heavy atom. The van der Waals surface area contributed by atoms with Crippen LogP contribution in [0.5, 0.6) is 0 Å². The highest BCUT2D eigenvalue weighted by molar-refractivity contribution is 6.10. The first kappa shape index (κ1) is 19.8. The molecular formula is C25H27N3O3. The summed E-state index contributed by atoms with van der Waals surface area (Å²) < 4.78 is 0. The molecule has 0 spiro atoms. The number of amides is 4. The van der Waals surface area contributed by atoms with Gasteiger partial charge in [0, 0.05) is 13.1 Å². The lowest BCUT2D eigenvalue weighted by Crippen LogP contribution is -2.51. The summed E-state index contributed by atoms with van der Waals surface area (Å²) in [5.41, 5.74) is 4.55. The van der Waals surface area contributed by atoms with Gasteiger partial charge in [-0.25, -0.2) is 9.69 Å². The Balaban J connectivity index is 1.37. The van der Waals surface area contributed by atoms with E-state index in [1.807, 2.05) is 30.3 Å². The Labute approximate surface area is 182 Å². The number of fused-ring (bicyclic) bond motifs is 2. The van der Waals surface area contributed by atoms with Crippen LogP contribution in [0.25, 0.3) is 0 Å². The van der Waals surface area contributed by atoms with E-state index in [0.29, 0.717) is 13.1 Å². The van der Waals surface area contributed by atoms with Crippen molar-refractivity contribution >= 4 is 17.8 Å². The number of urea groups is 1. The van der Waals surface area contributed by atoms with Crippen LogP contribution in [0.15, 0.2) is 42.5 Å². The maximum absolute atomic E-state index is 13.4. The minimum absolute atomic E-state index is 0.198. The maximum Gasteiger partial charge on any atom is 0.326 e. The minimum Gasteiger partial charge on any atom is -0.336 e. The molecule has 6 nitrogen and oxygen atoms in total. The van der Waals surface area contributed by atoms with E-state index in [1.165, 1.54) is 16.7 Å². The van der Waals surface area contributed by atoms with Crippen molar-refractivity contribution < 1.29 is 14.4 Å².